The van der Waals surface area contributed by atoms with E-state index in [1.807, 2.05) is 24.4 Å². The van der Waals surface area contributed by atoms with E-state index >= 15 is 0 Å². The average molecular weight is 333 g/mol. The minimum atomic E-state index is -0.411. The molecule has 0 saturated heterocycles. The lowest BCUT2D eigenvalue weighted by atomic mass is 10.3. The van der Waals surface area contributed by atoms with Crippen LogP contribution in [0.25, 0.3) is 0 Å². The topological polar surface area (TPSA) is 111 Å². The first-order valence-corrected chi connectivity index (χ1v) is 7.89. The van der Waals surface area contributed by atoms with Crippen molar-refractivity contribution in [2.24, 2.45) is 0 Å². The zero-order valence-electron chi connectivity index (χ0n) is 12.4. The van der Waals surface area contributed by atoms with Crippen LogP contribution < -0.4 is 10.6 Å². The fourth-order valence-corrected chi connectivity index (χ4v) is 2.53. The van der Waals surface area contributed by atoms with Crippen LogP contribution in [-0.4, -0.2) is 31.2 Å². The molecule has 3 rings (SSSR count). The molecule has 0 radical (unpaired) electrons. The first-order valence-electron chi connectivity index (χ1n) is 7.01. The number of aryl methyl sites for hydroxylation is 1. The third-order valence-electron chi connectivity index (χ3n) is 2.93. The van der Waals surface area contributed by atoms with Crippen molar-refractivity contribution < 1.29 is 9.32 Å². The summed E-state index contributed by atoms with van der Waals surface area (Å²) < 4.78 is 6.72. The van der Waals surface area contributed by atoms with E-state index < -0.39 is 6.03 Å². The van der Waals surface area contributed by atoms with E-state index in [1.54, 1.807) is 22.2 Å². The van der Waals surface area contributed by atoms with Crippen molar-refractivity contribution in [2.75, 3.05) is 5.32 Å². The van der Waals surface area contributed by atoms with E-state index in [-0.39, 0.29) is 6.54 Å². The third-order valence-corrected chi connectivity index (χ3v) is 3.80. The number of rotatable bonds is 6. The zero-order valence-corrected chi connectivity index (χ0v) is 13.2. The molecule has 23 heavy (non-hydrogen) atoms. The predicted molar refractivity (Wildman–Crippen MR) is 83.0 cm³/mol. The van der Waals surface area contributed by atoms with Gasteiger partial charge < -0.3 is 9.84 Å². The molecule has 0 spiro atoms. The van der Waals surface area contributed by atoms with Gasteiger partial charge in [0.15, 0.2) is 11.6 Å². The number of carbonyl (C=O) groups excluding carboxylic acids is 1. The van der Waals surface area contributed by atoms with Crippen LogP contribution in [0.3, 0.4) is 0 Å². The summed E-state index contributed by atoms with van der Waals surface area (Å²) in [6, 6.07) is 3.57. The van der Waals surface area contributed by atoms with Crippen molar-refractivity contribution in [1.29, 1.82) is 0 Å². The second-order valence-electron chi connectivity index (χ2n) is 4.63. The Morgan fingerprint density at radius 1 is 1.48 bits per heavy atom. The van der Waals surface area contributed by atoms with Crippen molar-refractivity contribution in [1.82, 2.24) is 30.5 Å². The maximum Gasteiger partial charge on any atom is 0.320 e. The van der Waals surface area contributed by atoms with Gasteiger partial charge in [-0.15, -0.1) is 16.4 Å². The van der Waals surface area contributed by atoms with Gasteiger partial charge in [0.1, 0.15) is 0 Å². The Kier molecular flexibility index (Phi) is 4.62. The predicted octanol–water partition coefficient (Wildman–Crippen LogP) is 1.66. The SMILES string of the molecule is CCn1cc(NC(=O)NCc2nc(Cc3cccs3)no2)nn1. The lowest BCUT2D eigenvalue weighted by molar-refractivity contribution is 0.249. The van der Waals surface area contributed by atoms with Gasteiger partial charge in [0, 0.05) is 17.8 Å². The van der Waals surface area contributed by atoms with Crippen molar-refractivity contribution in [3.05, 3.63) is 40.3 Å². The standard InChI is InChI=1S/C13H15N7O2S/c1-2-20-8-11(17-19-20)16-13(21)14-7-12-15-10(18-22-12)6-9-4-3-5-23-9/h3-5,8H,2,6-7H2,1H3,(H2,14,16,21). The molecule has 10 heteroatoms. The third kappa shape index (κ3) is 4.13. The van der Waals surface area contributed by atoms with Crippen LogP contribution in [0.1, 0.15) is 23.5 Å². The molecule has 2 amide bonds. The van der Waals surface area contributed by atoms with Crippen LogP contribution in [0.15, 0.2) is 28.2 Å². The first kappa shape index (κ1) is 15.2. The Morgan fingerprint density at radius 2 is 2.39 bits per heavy atom. The normalized spacial score (nSPS) is 10.7. The number of carbonyl (C=O) groups is 1. The minimum Gasteiger partial charge on any atom is -0.337 e. The number of aromatic nitrogens is 5. The fourth-order valence-electron chi connectivity index (χ4n) is 1.83. The largest absolute Gasteiger partial charge is 0.337 e. The van der Waals surface area contributed by atoms with Gasteiger partial charge in [-0.3, -0.25) is 10.00 Å². The van der Waals surface area contributed by atoms with Crippen LogP contribution in [0.2, 0.25) is 0 Å². The Labute approximate surface area is 135 Å². The van der Waals surface area contributed by atoms with Gasteiger partial charge in [-0.2, -0.15) is 4.98 Å². The van der Waals surface area contributed by atoms with E-state index in [1.165, 1.54) is 0 Å². The van der Waals surface area contributed by atoms with E-state index in [4.69, 9.17) is 4.52 Å². The van der Waals surface area contributed by atoms with Gasteiger partial charge in [-0.05, 0) is 18.4 Å². The number of anilines is 1. The van der Waals surface area contributed by atoms with Crippen molar-refractivity contribution in [2.45, 2.75) is 26.4 Å². The molecule has 0 saturated carbocycles. The smallest absolute Gasteiger partial charge is 0.320 e. The minimum absolute atomic E-state index is 0.144. The van der Waals surface area contributed by atoms with Crippen molar-refractivity contribution >= 4 is 23.2 Å². The molecule has 0 atom stereocenters. The second kappa shape index (κ2) is 7.01. The fraction of sp³-hybridized carbons (Fsp3) is 0.308. The van der Waals surface area contributed by atoms with Gasteiger partial charge in [-0.1, -0.05) is 16.4 Å². The molecule has 0 unspecified atom stereocenters. The molecule has 0 aromatic carbocycles. The van der Waals surface area contributed by atoms with E-state index in [9.17, 15) is 4.79 Å². The number of nitrogens with one attached hydrogen (secondary N) is 2. The molecule has 0 fully saturated rings. The Balaban J connectivity index is 1.48. The lowest BCUT2D eigenvalue weighted by Gasteiger charge is -2.01. The molecule has 3 aromatic heterocycles. The summed E-state index contributed by atoms with van der Waals surface area (Å²) in [7, 11) is 0. The number of thiophene rings is 1. The van der Waals surface area contributed by atoms with Gasteiger partial charge in [-0.25, -0.2) is 4.79 Å². The van der Waals surface area contributed by atoms with Crippen molar-refractivity contribution in [3.8, 4) is 0 Å². The first-order chi connectivity index (χ1) is 11.2. The second-order valence-corrected chi connectivity index (χ2v) is 5.66. The Bertz CT molecular complexity index is 765. The van der Waals surface area contributed by atoms with Crippen LogP contribution >= 0.6 is 11.3 Å². The number of hydrogen-bond donors (Lipinski definition) is 2. The summed E-state index contributed by atoms with van der Waals surface area (Å²) in [4.78, 5) is 17.1. The summed E-state index contributed by atoms with van der Waals surface area (Å²) in [6.07, 6.45) is 2.26. The Morgan fingerprint density at radius 3 is 3.13 bits per heavy atom. The molecule has 0 aliphatic rings. The van der Waals surface area contributed by atoms with Crippen LogP contribution in [0.4, 0.5) is 10.6 Å². The van der Waals surface area contributed by atoms with Crippen LogP contribution in [0.5, 0.6) is 0 Å². The lowest BCUT2D eigenvalue weighted by Crippen LogP contribution is -2.28. The quantitative estimate of drug-likeness (QED) is 0.709. The molecule has 2 N–H and O–H groups in total. The number of amides is 2. The van der Waals surface area contributed by atoms with E-state index in [2.05, 4.69) is 31.1 Å². The molecule has 120 valence electrons. The van der Waals surface area contributed by atoms with Gasteiger partial charge in [0.25, 0.3) is 0 Å². The highest BCUT2D eigenvalue weighted by molar-refractivity contribution is 7.09. The zero-order chi connectivity index (χ0) is 16.1. The highest BCUT2D eigenvalue weighted by Crippen LogP contribution is 2.12. The molecule has 0 aliphatic heterocycles. The summed E-state index contributed by atoms with van der Waals surface area (Å²) in [5, 5.41) is 18.7. The summed E-state index contributed by atoms with van der Waals surface area (Å²) in [6.45, 7) is 2.76. The van der Waals surface area contributed by atoms with Crippen LogP contribution in [-0.2, 0) is 19.5 Å². The molecule has 3 aromatic rings. The summed E-state index contributed by atoms with van der Waals surface area (Å²) >= 11 is 1.63. The molecular formula is C13H15N7O2S. The van der Waals surface area contributed by atoms with Gasteiger partial charge in [0.05, 0.1) is 12.7 Å². The number of urea groups is 1. The highest BCUT2D eigenvalue weighted by Gasteiger charge is 2.10. The average Bonchev–Trinajstić information content (AvgIpc) is 3.27. The Hall–Kier alpha value is -2.75. The highest BCUT2D eigenvalue weighted by atomic mass is 32.1. The van der Waals surface area contributed by atoms with E-state index in [0.29, 0.717) is 30.5 Å². The maximum absolute atomic E-state index is 11.8. The van der Waals surface area contributed by atoms with E-state index in [0.717, 1.165) is 4.88 Å². The van der Waals surface area contributed by atoms with Gasteiger partial charge >= 0.3 is 6.03 Å². The maximum atomic E-state index is 11.8. The van der Waals surface area contributed by atoms with Crippen molar-refractivity contribution in [3.63, 3.8) is 0 Å². The number of nitrogens with zero attached hydrogens (tertiary/aromatic N) is 5. The van der Waals surface area contributed by atoms with Gasteiger partial charge in [0.2, 0.25) is 5.89 Å². The number of hydrogen-bond acceptors (Lipinski definition) is 7. The molecule has 9 nitrogen and oxygen atoms in total. The summed E-state index contributed by atoms with van der Waals surface area (Å²) in [5.41, 5.74) is 0. The van der Waals surface area contributed by atoms with Crippen LogP contribution in [0, 0.1) is 0 Å². The summed E-state index contributed by atoms with van der Waals surface area (Å²) in [5.74, 6) is 1.33. The molecule has 0 aliphatic carbocycles. The monoisotopic (exact) mass is 333 g/mol. The molecular weight excluding hydrogens is 318 g/mol. The molecule has 0 bridgehead atoms. The molecule has 3 heterocycles.